The summed E-state index contributed by atoms with van der Waals surface area (Å²) >= 11 is 0. The van der Waals surface area contributed by atoms with Crippen molar-refractivity contribution in [2.45, 2.75) is 18.9 Å². The van der Waals surface area contributed by atoms with Gasteiger partial charge in [0.2, 0.25) is 5.91 Å². The molecule has 36 heavy (non-hydrogen) atoms. The van der Waals surface area contributed by atoms with Gasteiger partial charge in [-0.3, -0.25) is 14.7 Å². The topological polar surface area (TPSA) is 106 Å². The highest BCUT2D eigenvalue weighted by Crippen LogP contribution is 2.37. The number of likely N-dealkylation sites (tertiary alicyclic amines) is 1. The van der Waals surface area contributed by atoms with E-state index in [1.807, 2.05) is 18.2 Å². The van der Waals surface area contributed by atoms with Gasteiger partial charge in [0.25, 0.3) is 0 Å². The smallest absolute Gasteiger partial charge is 0.231 e. The summed E-state index contributed by atoms with van der Waals surface area (Å²) in [5.41, 5.74) is 7.91. The highest BCUT2D eigenvalue weighted by molar-refractivity contribution is 5.98. The van der Waals surface area contributed by atoms with Crippen LogP contribution >= 0.6 is 0 Å². The molecule has 1 saturated heterocycles. The Hall–Kier alpha value is -4.11. The van der Waals surface area contributed by atoms with Gasteiger partial charge in [-0.1, -0.05) is 18.2 Å². The van der Waals surface area contributed by atoms with Crippen molar-refractivity contribution in [2.75, 3.05) is 32.1 Å². The first kappa shape index (κ1) is 23.6. The molecule has 3 heterocycles. The van der Waals surface area contributed by atoms with Crippen molar-refractivity contribution in [1.82, 2.24) is 19.9 Å². The van der Waals surface area contributed by atoms with E-state index in [4.69, 9.17) is 20.4 Å². The average molecular weight is 487 g/mol. The summed E-state index contributed by atoms with van der Waals surface area (Å²) in [6.07, 6.45) is 5.06. The van der Waals surface area contributed by atoms with Gasteiger partial charge in [-0.25, -0.2) is 14.4 Å². The third kappa shape index (κ3) is 4.96. The highest BCUT2D eigenvalue weighted by Gasteiger charge is 2.23. The first-order valence-corrected chi connectivity index (χ1v) is 11.8. The fraction of sp³-hybridized carbons (Fsp3) is 0.259. The van der Waals surface area contributed by atoms with Gasteiger partial charge >= 0.3 is 0 Å². The summed E-state index contributed by atoms with van der Waals surface area (Å²) in [4.78, 5) is 27.2. The number of aromatic nitrogens is 3. The summed E-state index contributed by atoms with van der Waals surface area (Å²) < 4.78 is 20.4. The number of amides is 1. The van der Waals surface area contributed by atoms with Crippen LogP contribution in [-0.2, 0) is 4.79 Å². The van der Waals surface area contributed by atoms with Crippen molar-refractivity contribution in [2.24, 2.45) is 5.73 Å². The minimum atomic E-state index is -0.322. The van der Waals surface area contributed by atoms with Crippen LogP contribution in [0.3, 0.4) is 0 Å². The second-order valence-electron chi connectivity index (χ2n) is 8.85. The van der Waals surface area contributed by atoms with Gasteiger partial charge in [0.05, 0.1) is 13.7 Å². The Kier molecular flexibility index (Phi) is 6.73. The van der Waals surface area contributed by atoms with Crippen LogP contribution in [-0.4, -0.2) is 58.5 Å². The number of piperidine rings is 1. The molecule has 1 fully saturated rings. The number of nitrogens with zero attached hydrogens (tertiary/aromatic N) is 4. The molecule has 1 aliphatic rings. The molecule has 4 aromatic rings. The molecule has 184 valence electrons. The van der Waals surface area contributed by atoms with E-state index in [1.165, 1.54) is 6.07 Å². The van der Waals surface area contributed by atoms with Crippen LogP contribution in [0.15, 0.2) is 60.9 Å². The molecule has 0 spiro atoms. The molecular weight excluding hydrogens is 459 g/mol. The van der Waals surface area contributed by atoms with Gasteiger partial charge in [0.1, 0.15) is 22.9 Å². The van der Waals surface area contributed by atoms with E-state index in [2.05, 4.69) is 15.2 Å². The minimum absolute atomic E-state index is 0.136. The van der Waals surface area contributed by atoms with Crippen LogP contribution in [0.25, 0.3) is 33.4 Å². The molecule has 0 aliphatic carbocycles. The Bertz CT molecular complexity index is 1390. The number of nitrogens with one attached hydrogen (secondary N) is 1. The lowest BCUT2D eigenvalue weighted by atomic mass is 10.0. The molecule has 2 aromatic carbocycles. The fourth-order valence-electron chi connectivity index (χ4n) is 4.59. The quantitative estimate of drug-likeness (QED) is 0.408. The first-order valence-electron chi connectivity index (χ1n) is 11.8. The molecule has 1 aliphatic heterocycles. The Morgan fingerprint density at radius 2 is 1.94 bits per heavy atom. The average Bonchev–Trinajstić information content (AvgIpc) is 2.89. The number of methoxy groups -OCH3 is 1. The lowest BCUT2D eigenvalue weighted by Gasteiger charge is -2.32. The first-order chi connectivity index (χ1) is 17.5. The zero-order valence-electron chi connectivity index (χ0n) is 19.9. The van der Waals surface area contributed by atoms with E-state index < -0.39 is 0 Å². The van der Waals surface area contributed by atoms with Crippen molar-refractivity contribution < 1.29 is 13.9 Å². The maximum absolute atomic E-state index is 14.7. The number of ether oxygens (including phenoxy) is 1. The van der Waals surface area contributed by atoms with E-state index in [1.54, 1.807) is 43.8 Å². The number of rotatable bonds is 7. The largest absolute Gasteiger partial charge is 0.494 e. The summed E-state index contributed by atoms with van der Waals surface area (Å²) in [5.74, 6) is 1.04. The maximum atomic E-state index is 14.7. The SMILES string of the molecule is COc1cc(-c2ccccc2F)cc2c(NC3CCN(CC(N)=O)CC3)nc(-c3cccnc3)nc12. The number of benzene rings is 2. The highest BCUT2D eigenvalue weighted by atomic mass is 19.1. The molecule has 5 rings (SSSR count). The molecule has 0 bridgehead atoms. The second kappa shape index (κ2) is 10.2. The van der Waals surface area contributed by atoms with Crippen LogP contribution in [0.1, 0.15) is 12.8 Å². The van der Waals surface area contributed by atoms with E-state index in [-0.39, 0.29) is 24.3 Å². The summed E-state index contributed by atoms with van der Waals surface area (Å²) in [6, 6.07) is 14.2. The fourth-order valence-corrected chi connectivity index (χ4v) is 4.59. The predicted molar refractivity (Wildman–Crippen MR) is 137 cm³/mol. The Balaban J connectivity index is 1.59. The minimum Gasteiger partial charge on any atom is -0.494 e. The third-order valence-electron chi connectivity index (χ3n) is 6.40. The van der Waals surface area contributed by atoms with Crippen molar-refractivity contribution >= 4 is 22.6 Å². The van der Waals surface area contributed by atoms with E-state index in [9.17, 15) is 9.18 Å². The van der Waals surface area contributed by atoms with Crippen molar-refractivity contribution in [3.8, 4) is 28.3 Å². The number of hydrogen-bond acceptors (Lipinski definition) is 7. The molecule has 1 amide bonds. The molecule has 3 N–H and O–H groups in total. The molecule has 2 aromatic heterocycles. The van der Waals surface area contributed by atoms with Gasteiger partial charge in [-0.2, -0.15) is 0 Å². The number of primary amides is 1. The van der Waals surface area contributed by atoms with Gasteiger partial charge in [0, 0.05) is 48.0 Å². The van der Waals surface area contributed by atoms with Crippen molar-refractivity contribution in [3.63, 3.8) is 0 Å². The number of nitrogens with two attached hydrogens (primary N) is 1. The zero-order valence-corrected chi connectivity index (χ0v) is 19.9. The summed E-state index contributed by atoms with van der Waals surface area (Å²) in [7, 11) is 1.58. The lowest BCUT2D eigenvalue weighted by Crippen LogP contribution is -2.43. The molecule has 9 heteroatoms. The van der Waals surface area contributed by atoms with Gasteiger partial charge in [0.15, 0.2) is 5.82 Å². The number of carbonyl (C=O) groups is 1. The predicted octanol–water partition coefficient (Wildman–Crippen LogP) is 3.87. The van der Waals surface area contributed by atoms with Gasteiger partial charge in [-0.05, 0) is 48.7 Å². The molecule has 8 nitrogen and oxygen atoms in total. The number of pyridine rings is 1. The molecule has 0 atom stereocenters. The summed E-state index contributed by atoms with van der Waals surface area (Å²) in [5, 5.41) is 4.32. The van der Waals surface area contributed by atoms with Crippen LogP contribution in [0, 0.1) is 5.82 Å². The van der Waals surface area contributed by atoms with E-state index in [0.717, 1.165) is 36.9 Å². The van der Waals surface area contributed by atoms with Crippen LogP contribution in [0.5, 0.6) is 5.75 Å². The Labute approximate surface area is 208 Å². The van der Waals surface area contributed by atoms with Crippen LogP contribution < -0.4 is 15.8 Å². The monoisotopic (exact) mass is 486 g/mol. The zero-order chi connectivity index (χ0) is 25.1. The second-order valence-corrected chi connectivity index (χ2v) is 8.85. The van der Waals surface area contributed by atoms with E-state index >= 15 is 0 Å². The number of hydrogen-bond donors (Lipinski definition) is 2. The Morgan fingerprint density at radius 3 is 2.64 bits per heavy atom. The number of anilines is 1. The normalized spacial score (nSPS) is 14.6. The van der Waals surface area contributed by atoms with Crippen molar-refractivity contribution in [3.05, 3.63) is 66.7 Å². The number of halogens is 1. The standard InChI is InChI=1S/C27H27FN6O2/c1-36-23-14-18(20-6-2-3-7-22(20)28)13-21-25(23)32-26(17-5-4-10-30-15-17)33-27(21)31-19-8-11-34(12-9-19)16-24(29)35/h2-7,10,13-15,19H,8-9,11-12,16H2,1H3,(H2,29,35)(H,31,32,33). The van der Waals surface area contributed by atoms with Gasteiger partial charge in [-0.15, -0.1) is 0 Å². The molecular formula is C27H27FN6O2. The van der Waals surface area contributed by atoms with Gasteiger partial charge < -0.3 is 15.8 Å². The lowest BCUT2D eigenvalue weighted by molar-refractivity contribution is -0.119. The van der Waals surface area contributed by atoms with E-state index in [0.29, 0.717) is 34.0 Å². The number of fused-ring (bicyclic) bond motifs is 1. The van der Waals surface area contributed by atoms with Crippen LogP contribution in [0.2, 0.25) is 0 Å². The Morgan fingerprint density at radius 1 is 1.14 bits per heavy atom. The number of carbonyl (C=O) groups excluding carboxylic acids is 1. The molecule has 0 saturated carbocycles. The van der Waals surface area contributed by atoms with Crippen molar-refractivity contribution in [1.29, 1.82) is 0 Å². The molecule has 0 unspecified atom stereocenters. The molecule has 0 radical (unpaired) electrons. The van der Waals surface area contributed by atoms with Crippen LogP contribution in [0.4, 0.5) is 10.2 Å². The summed E-state index contributed by atoms with van der Waals surface area (Å²) in [6.45, 7) is 1.77. The third-order valence-corrected chi connectivity index (χ3v) is 6.40. The maximum Gasteiger partial charge on any atom is 0.231 e.